The second-order valence-electron chi connectivity index (χ2n) is 5.08. The highest BCUT2D eigenvalue weighted by molar-refractivity contribution is 5.77. The molecule has 1 aliphatic heterocycles. The smallest absolute Gasteiger partial charge is 0.223 e. The lowest BCUT2D eigenvalue weighted by atomic mass is 9.97. The molecule has 0 bridgehead atoms. The first kappa shape index (κ1) is 11.9. The fraction of sp³-hybridized carbons (Fsp3) is 0.917. The Hall–Kier alpha value is -0.610. The quantitative estimate of drug-likeness (QED) is 0.750. The van der Waals surface area contributed by atoms with Gasteiger partial charge in [-0.2, -0.15) is 0 Å². The highest BCUT2D eigenvalue weighted by Crippen LogP contribution is 2.29. The van der Waals surface area contributed by atoms with Crippen molar-refractivity contribution in [2.75, 3.05) is 13.2 Å². The van der Waals surface area contributed by atoms with Gasteiger partial charge in [-0.15, -0.1) is 0 Å². The third-order valence-corrected chi connectivity index (χ3v) is 3.79. The van der Waals surface area contributed by atoms with E-state index in [4.69, 9.17) is 10.5 Å². The fourth-order valence-electron chi connectivity index (χ4n) is 2.79. The Morgan fingerprint density at radius 3 is 2.69 bits per heavy atom. The van der Waals surface area contributed by atoms with E-state index in [1.807, 2.05) is 0 Å². The molecule has 0 aromatic carbocycles. The third kappa shape index (κ3) is 2.74. The van der Waals surface area contributed by atoms with Crippen LogP contribution in [-0.2, 0) is 9.53 Å². The molecule has 2 aliphatic rings. The highest BCUT2D eigenvalue weighted by Gasteiger charge is 2.34. The summed E-state index contributed by atoms with van der Waals surface area (Å²) < 4.78 is 5.46. The van der Waals surface area contributed by atoms with Crippen LogP contribution in [0.4, 0.5) is 0 Å². The van der Waals surface area contributed by atoms with E-state index in [-0.39, 0.29) is 17.6 Å². The summed E-state index contributed by atoms with van der Waals surface area (Å²) in [6.07, 6.45) is 7.15. The van der Waals surface area contributed by atoms with Crippen molar-refractivity contribution >= 4 is 5.91 Å². The number of carbonyl (C=O) groups excluding carboxylic acids is 1. The molecule has 1 atom stereocenters. The second-order valence-corrected chi connectivity index (χ2v) is 5.08. The van der Waals surface area contributed by atoms with Gasteiger partial charge in [-0.25, -0.2) is 0 Å². The van der Waals surface area contributed by atoms with Crippen molar-refractivity contribution in [3.8, 4) is 0 Å². The molecule has 1 heterocycles. The van der Waals surface area contributed by atoms with Crippen molar-refractivity contribution in [1.82, 2.24) is 5.32 Å². The van der Waals surface area contributed by atoms with E-state index in [0.29, 0.717) is 13.0 Å². The molecule has 0 radical (unpaired) electrons. The molecule has 1 aliphatic carbocycles. The summed E-state index contributed by atoms with van der Waals surface area (Å²) in [5.74, 6) is 0.110. The molecule has 4 nitrogen and oxygen atoms in total. The summed E-state index contributed by atoms with van der Waals surface area (Å²) in [6.45, 7) is 1.37. The van der Waals surface area contributed by atoms with Crippen LogP contribution in [0.3, 0.4) is 0 Å². The van der Waals surface area contributed by atoms with Gasteiger partial charge in [0.2, 0.25) is 5.91 Å². The highest BCUT2D eigenvalue weighted by atomic mass is 16.5. The predicted molar refractivity (Wildman–Crippen MR) is 62.0 cm³/mol. The van der Waals surface area contributed by atoms with Crippen molar-refractivity contribution in [1.29, 1.82) is 0 Å². The average Bonchev–Trinajstić information content (AvgIpc) is 2.90. The zero-order chi connectivity index (χ0) is 11.4. The van der Waals surface area contributed by atoms with E-state index in [0.717, 1.165) is 32.3 Å². The van der Waals surface area contributed by atoms with E-state index < -0.39 is 0 Å². The molecule has 1 saturated heterocycles. The van der Waals surface area contributed by atoms with Gasteiger partial charge < -0.3 is 15.8 Å². The number of hydrogen-bond donors (Lipinski definition) is 2. The second kappa shape index (κ2) is 5.15. The van der Waals surface area contributed by atoms with Crippen LogP contribution in [0.5, 0.6) is 0 Å². The van der Waals surface area contributed by atoms with Crippen molar-refractivity contribution in [3.63, 3.8) is 0 Å². The Labute approximate surface area is 96.9 Å². The Balaban J connectivity index is 1.80. The number of ether oxygens (including phenoxy) is 1. The largest absolute Gasteiger partial charge is 0.378 e. The molecule has 16 heavy (non-hydrogen) atoms. The lowest BCUT2D eigenvalue weighted by Gasteiger charge is -2.29. The zero-order valence-corrected chi connectivity index (χ0v) is 9.84. The number of hydrogen-bond acceptors (Lipinski definition) is 3. The molecule has 1 saturated carbocycles. The van der Waals surface area contributed by atoms with Crippen LogP contribution < -0.4 is 11.1 Å². The first-order valence-electron chi connectivity index (χ1n) is 6.37. The maximum Gasteiger partial charge on any atom is 0.223 e. The molecule has 4 heteroatoms. The van der Waals surface area contributed by atoms with Crippen molar-refractivity contribution in [3.05, 3.63) is 0 Å². The van der Waals surface area contributed by atoms with Gasteiger partial charge in [-0.1, -0.05) is 12.8 Å². The minimum Gasteiger partial charge on any atom is -0.378 e. The normalized spacial score (nSPS) is 28.2. The van der Waals surface area contributed by atoms with Crippen LogP contribution in [0.25, 0.3) is 0 Å². The monoisotopic (exact) mass is 226 g/mol. The van der Waals surface area contributed by atoms with Gasteiger partial charge in [0.15, 0.2) is 0 Å². The van der Waals surface area contributed by atoms with Crippen LogP contribution >= 0.6 is 0 Å². The molecule has 92 valence electrons. The van der Waals surface area contributed by atoms with Crippen LogP contribution in [0.15, 0.2) is 0 Å². The van der Waals surface area contributed by atoms with E-state index in [1.165, 1.54) is 12.8 Å². The number of nitrogens with two attached hydrogens (primary N) is 1. The van der Waals surface area contributed by atoms with E-state index >= 15 is 0 Å². The Morgan fingerprint density at radius 1 is 1.38 bits per heavy atom. The van der Waals surface area contributed by atoms with Crippen molar-refractivity contribution in [2.24, 2.45) is 5.73 Å². The first-order chi connectivity index (χ1) is 7.74. The lowest BCUT2D eigenvalue weighted by molar-refractivity contribution is -0.125. The molecule has 2 rings (SSSR count). The van der Waals surface area contributed by atoms with Gasteiger partial charge in [-0.3, -0.25) is 4.79 Å². The minimum absolute atomic E-state index is 0.110. The molecule has 0 aromatic heterocycles. The summed E-state index contributed by atoms with van der Waals surface area (Å²) in [5, 5.41) is 3.12. The Morgan fingerprint density at radius 2 is 2.12 bits per heavy atom. The standard InChI is InChI=1S/C12H22N2O2/c13-9-12(5-1-2-6-12)14-11(15)8-10-4-3-7-16-10/h10H,1-9,13H2,(H,14,15). The average molecular weight is 226 g/mol. The molecule has 1 amide bonds. The Bertz CT molecular complexity index is 243. The molecule has 1 unspecified atom stereocenters. The number of carbonyl (C=O) groups is 1. The van der Waals surface area contributed by atoms with Gasteiger partial charge in [-0.05, 0) is 25.7 Å². The molecular formula is C12H22N2O2. The molecule has 2 fully saturated rings. The maximum absolute atomic E-state index is 11.9. The van der Waals surface area contributed by atoms with Crippen LogP contribution in [0, 0.1) is 0 Å². The van der Waals surface area contributed by atoms with E-state index in [2.05, 4.69) is 5.32 Å². The van der Waals surface area contributed by atoms with Crippen molar-refractivity contribution in [2.45, 2.75) is 56.6 Å². The van der Waals surface area contributed by atoms with Gasteiger partial charge in [0.1, 0.15) is 0 Å². The number of amides is 1. The summed E-state index contributed by atoms with van der Waals surface area (Å²) in [7, 11) is 0. The van der Waals surface area contributed by atoms with Crippen LogP contribution in [-0.4, -0.2) is 30.7 Å². The SMILES string of the molecule is NCC1(NC(=O)CC2CCCO2)CCCC1. The maximum atomic E-state index is 11.9. The van der Waals surface area contributed by atoms with Crippen LogP contribution in [0.2, 0.25) is 0 Å². The fourth-order valence-corrected chi connectivity index (χ4v) is 2.79. The third-order valence-electron chi connectivity index (χ3n) is 3.79. The summed E-state index contributed by atoms with van der Waals surface area (Å²) >= 11 is 0. The van der Waals surface area contributed by atoms with Gasteiger partial charge in [0.05, 0.1) is 18.1 Å². The predicted octanol–water partition coefficient (Wildman–Crippen LogP) is 0.943. The zero-order valence-electron chi connectivity index (χ0n) is 9.84. The van der Waals surface area contributed by atoms with Crippen LogP contribution in [0.1, 0.15) is 44.9 Å². The van der Waals surface area contributed by atoms with E-state index in [9.17, 15) is 4.79 Å². The number of rotatable bonds is 4. The first-order valence-corrected chi connectivity index (χ1v) is 6.37. The van der Waals surface area contributed by atoms with Gasteiger partial charge in [0.25, 0.3) is 0 Å². The van der Waals surface area contributed by atoms with Gasteiger partial charge >= 0.3 is 0 Å². The topological polar surface area (TPSA) is 64.3 Å². The van der Waals surface area contributed by atoms with Gasteiger partial charge in [0, 0.05) is 13.2 Å². The molecule has 3 N–H and O–H groups in total. The Kier molecular flexibility index (Phi) is 3.82. The summed E-state index contributed by atoms with van der Waals surface area (Å²) in [5.41, 5.74) is 5.66. The molecule has 0 spiro atoms. The minimum atomic E-state index is -0.115. The molecular weight excluding hydrogens is 204 g/mol. The molecule has 0 aromatic rings. The summed E-state index contributed by atoms with van der Waals surface area (Å²) in [6, 6.07) is 0. The van der Waals surface area contributed by atoms with Crippen molar-refractivity contribution < 1.29 is 9.53 Å². The lowest BCUT2D eigenvalue weighted by Crippen LogP contribution is -2.52. The number of nitrogens with one attached hydrogen (secondary N) is 1. The van der Waals surface area contributed by atoms with E-state index in [1.54, 1.807) is 0 Å². The summed E-state index contributed by atoms with van der Waals surface area (Å²) in [4.78, 5) is 11.9.